The zero-order chi connectivity index (χ0) is 15.2. The quantitative estimate of drug-likeness (QED) is 0.727. The van der Waals surface area contributed by atoms with Crippen molar-refractivity contribution in [1.82, 2.24) is 4.90 Å². The van der Waals surface area contributed by atoms with Crippen LogP contribution < -0.4 is 0 Å². The number of piperidine rings is 1. The molecular weight excluding hydrogens is 262 g/mol. The number of hydrogen-bond donors (Lipinski definition) is 0. The van der Waals surface area contributed by atoms with Gasteiger partial charge in [-0.2, -0.15) is 0 Å². The molecule has 0 aromatic carbocycles. The van der Waals surface area contributed by atoms with E-state index in [1.165, 1.54) is 0 Å². The number of rotatable bonds is 5. The lowest BCUT2D eigenvalue weighted by molar-refractivity contribution is -0.145. The highest BCUT2D eigenvalue weighted by molar-refractivity contribution is 5.03. The van der Waals surface area contributed by atoms with Crippen molar-refractivity contribution >= 4 is 0 Å². The lowest BCUT2D eigenvalue weighted by Crippen LogP contribution is -2.44. The lowest BCUT2D eigenvalue weighted by atomic mass is 9.91. The van der Waals surface area contributed by atoms with E-state index in [0.29, 0.717) is 30.3 Å². The van der Waals surface area contributed by atoms with Crippen LogP contribution in [0, 0.1) is 17.8 Å². The van der Waals surface area contributed by atoms with Gasteiger partial charge in [-0.3, -0.25) is 4.90 Å². The molecule has 1 saturated carbocycles. The van der Waals surface area contributed by atoms with Crippen LogP contribution >= 0.6 is 0 Å². The van der Waals surface area contributed by atoms with Gasteiger partial charge in [0.15, 0.2) is 0 Å². The summed E-state index contributed by atoms with van der Waals surface area (Å²) >= 11 is 0. The third kappa shape index (κ3) is 5.98. The Morgan fingerprint density at radius 2 is 1.67 bits per heavy atom. The predicted molar refractivity (Wildman–Crippen MR) is 86.2 cm³/mol. The molecule has 2 aliphatic rings. The van der Waals surface area contributed by atoms with Gasteiger partial charge in [0.05, 0.1) is 31.0 Å². The average molecular weight is 293 g/mol. The van der Waals surface area contributed by atoms with Crippen molar-refractivity contribution < 1.29 is 9.47 Å². The average Bonchev–Trinajstić information content (AvgIpc) is 2.37. The minimum atomic E-state index is 0.339. The monoisotopic (exact) mass is 293 g/mol. The third-order valence-corrected chi connectivity index (χ3v) is 4.13. The smallest absolute Gasteiger partial charge is 0.0628 e. The van der Waals surface area contributed by atoms with Gasteiger partial charge < -0.3 is 9.47 Å². The lowest BCUT2D eigenvalue weighted by Gasteiger charge is -2.40. The Morgan fingerprint density at radius 3 is 2.24 bits per heavy atom. The molecule has 3 heteroatoms. The highest BCUT2D eigenvalue weighted by atomic mass is 16.5. The summed E-state index contributed by atoms with van der Waals surface area (Å²) in [5, 5.41) is 0. The van der Waals surface area contributed by atoms with E-state index in [1.54, 1.807) is 0 Å². The van der Waals surface area contributed by atoms with Gasteiger partial charge in [-0.05, 0) is 39.5 Å². The molecule has 0 amide bonds. The highest BCUT2D eigenvalue weighted by Gasteiger charge is 2.33. The zero-order valence-corrected chi connectivity index (χ0v) is 14.1. The van der Waals surface area contributed by atoms with Crippen molar-refractivity contribution in [3.63, 3.8) is 0 Å². The van der Waals surface area contributed by atoms with E-state index in [0.717, 1.165) is 45.3 Å². The highest BCUT2D eigenvalue weighted by Crippen LogP contribution is 2.30. The Balaban J connectivity index is 1.57. The SMILES string of the molecule is CC(C)C#CCN1CCC(OC2CC(OC(C)C)C2)CC1. The van der Waals surface area contributed by atoms with Gasteiger partial charge in [0.25, 0.3) is 0 Å². The molecule has 0 N–H and O–H groups in total. The molecule has 21 heavy (non-hydrogen) atoms. The maximum Gasteiger partial charge on any atom is 0.0628 e. The molecule has 0 radical (unpaired) electrons. The van der Waals surface area contributed by atoms with Gasteiger partial charge in [0.2, 0.25) is 0 Å². The van der Waals surface area contributed by atoms with Crippen LogP contribution in [0.5, 0.6) is 0 Å². The maximum atomic E-state index is 6.19. The van der Waals surface area contributed by atoms with Gasteiger partial charge in [0, 0.05) is 19.0 Å². The summed E-state index contributed by atoms with van der Waals surface area (Å²) in [6.07, 6.45) is 6.12. The molecule has 2 rings (SSSR count). The topological polar surface area (TPSA) is 21.7 Å². The number of ether oxygens (including phenoxy) is 2. The molecule has 1 aliphatic carbocycles. The van der Waals surface area contributed by atoms with Gasteiger partial charge in [-0.25, -0.2) is 0 Å². The molecule has 0 atom stereocenters. The molecule has 120 valence electrons. The summed E-state index contributed by atoms with van der Waals surface area (Å²) in [7, 11) is 0. The van der Waals surface area contributed by atoms with Crippen LogP contribution in [-0.2, 0) is 9.47 Å². The second-order valence-electron chi connectivity index (χ2n) is 6.99. The van der Waals surface area contributed by atoms with E-state index in [4.69, 9.17) is 9.47 Å². The van der Waals surface area contributed by atoms with E-state index in [1.807, 2.05) is 0 Å². The van der Waals surface area contributed by atoms with Crippen molar-refractivity contribution in [1.29, 1.82) is 0 Å². The zero-order valence-electron chi connectivity index (χ0n) is 14.1. The standard InChI is InChI=1S/C18H31NO2/c1-14(2)6-5-9-19-10-7-16(8-11-19)21-18-12-17(13-18)20-15(3)4/h14-18H,7-13H2,1-4H3. The van der Waals surface area contributed by atoms with Gasteiger partial charge in [-0.15, -0.1) is 0 Å². The number of hydrogen-bond acceptors (Lipinski definition) is 3. The predicted octanol–water partition coefficient (Wildman–Crippen LogP) is 3.08. The first-order valence-electron chi connectivity index (χ1n) is 8.54. The molecule has 3 nitrogen and oxygen atoms in total. The largest absolute Gasteiger partial charge is 0.375 e. The van der Waals surface area contributed by atoms with E-state index in [9.17, 15) is 0 Å². The molecule has 1 heterocycles. The fraction of sp³-hybridized carbons (Fsp3) is 0.889. The van der Waals surface area contributed by atoms with Crippen molar-refractivity contribution in [3.05, 3.63) is 0 Å². The minimum absolute atomic E-state index is 0.339. The third-order valence-electron chi connectivity index (χ3n) is 4.13. The Labute approximate surface area is 130 Å². The Morgan fingerprint density at radius 1 is 1.00 bits per heavy atom. The summed E-state index contributed by atoms with van der Waals surface area (Å²) in [4.78, 5) is 2.45. The summed E-state index contributed by atoms with van der Waals surface area (Å²) < 4.78 is 12.0. The van der Waals surface area contributed by atoms with E-state index < -0.39 is 0 Å². The maximum absolute atomic E-state index is 6.19. The molecule has 0 aromatic rings. The molecule has 0 aromatic heterocycles. The van der Waals surface area contributed by atoms with E-state index >= 15 is 0 Å². The van der Waals surface area contributed by atoms with Crippen molar-refractivity contribution in [2.24, 2.45) is 5.92 Å². The van der Waals surface area contributed by atoms with Crippen LogP contribution in [0.25, 0.3) is 0 Å². The summed E-state index contributed by atoms with van der Waals surface area (Å²) in [5.41, 5.74) is 0. The van der Waals surface area contributed by atoms with Crippen molar-refractivity contribution in [2.75, 3.05) is 19.6 Å². The number of nitrogens with zero attached hydrogens (tertiary/aromatic N) is 1. The minimum Gasteiger partial charge on any atom is -0.375 e. The summed E-state index contributed by atoms with van der Waals surface area (Å²) in [5.74, 6) is 6.99. The van der Waals surface area contributed by atoms with Crippen LogP contribution in [0.15, 0.2) is 0 Å². The molecule has 1 aliphatic heterocycles. The Hall–Kier alpha value is -0.560. The second kappa shape index (κ2) is 8.17. The van der Waals surface area contributed by atoms with E-state index in [-0.39, 0.29) is 0 Å². The van der Waals surface area contributed by atoms with Crippen molar-refractivity contribution in [3.8, 4) is 11.8 Å². The molecule has 2 fully saturated rings. The Kier molecular flexibility index (Phi) is 6.54. The van der Waals surface area contributed by atoms with E-state index in [2.05, 4.69) is 44.4 Å². The van der Waals surface area contributed by atoms with Crippen LogP contribution in [-0.4, -0.2) is 49.0 Å². The van der Waals surface area contributed by atoms with Crippen LogP contribution in [0.4, 0.5) is 0 Å². The first-order chi connectivity index (χ1) is 10.0. The van der Waals surface area contributed by atoms with Gasteiger partial charge >= 0.3 is 0 Å². The molecule has 0 unspecified atom stereocenters. The molecule has 0 spiro atoms. The van der Waals surface area contributed by atoms with Crippen LogP contribution in [0.2, 0.25) is 0 Å². The summed E-state index contributed by atoms with van der Waals surface area (Å²) in [6.45, 7) is 11.6. The molecular formula is C18H31NO2. The molecule has 0 bridgehead atoms. The fourth-order valence-electron chi connectivity index (χ4n) is 2.96. The first-order valence-corrected chi connectivity index (χ1v) is 8.54. The van der Waals surface area contributed by atoms with Crippen LogP contribution in [0.1, 0.15) is 53.4 Å². The van der Waals surface area contributed by atoms with Gasteiger partial charge in [-0.1, -0.05) is 25.7 Å². The van der Waals surface area contributed by atoms with Gasteiger partial charge in [0.1, 0.15) is 0 Å². The van der Waals surface area contributed by atoms with Crippen LogP contribution in [0.3, 0.4) is 0 Å². The summed E-state index contributed by atoms with van der Waals surface area (Å²) in [6, 6.07) is 0. The normalized spacial score (nSPS) is 27.5. The number of likely N-dealkylation sites (tertiary alicyclic amines) is 1. The molecule has 1 saturated heterocycles. The first kappa shape index (κ1) is 16.8. The second-order valence-corrected chi connectivity index (χ2v) is 6.99. The Bertz CT molecular complexity index is 355. The fourth-order valence-corrected chi connectivity index (χ4v) is 2.96. The van der Waals surface area contributed by atoms with Crippen molar-refractivity contribution in [2.45, 2.75) is 77.8 Å².